The normalized spacial score (nSPS) is 22.9. The van der Waals surface area contributed by atoms with Gasteiger partial charge in [-0.2, -0.15) is 0 Å². The van der Waals surface area contributed by atoms with E-state index in [9.17, 15) is 5.11 Å². The van der Waals surface area contributed by atoms with Crippen molar-refractivity contribution in [1.29, 1.82) is 0 Å². The van der Waals surface area contributed by atoms with Crippen LogP contribution in [0, 0.1) is 0 Å². The van der Waals surface area contributed by atoms with Gasteiger partial charge in [-0.1, -0.05) is 29.8 Å². The van der Waals surface area contributed by atoms with E-state index in [-0.39, 0.29) is 12.7 Å². The molecule has 1 aliphatic rings. The first-order chi connectivity index (χ1) is 10.0. The molecule has 0 bridgehead atoms. The fourth-order valence-electron chi connectivity index (χ4n) is 2.55. The highest BCUT2D eigenvalue weighted by molar-refractivity contribution is 9.10. The minimum Gasteiger partial charge on any atom is -0.394 e. The van der Waals surface area contributed by atoms with Gasteiger partial charge in [0.25, 0.3) is 0 Å². The molecule has 1 saturated heterocycles. The average molecular weight is 357 g/mol. The molecule has 1 fully saturated rings. The molecule has 2 rings (SSSR count). The summed E-state index contributed by atoms with van der Waals surface area (Å²) >= 11 is 3.56. The Hall–Kier alpha value is -0.620. The number of halogens is 1. The molecule has 0 amide bonds. The van der Waals surface area contributed by atoms with Gasteiger partial charge >= 0.3 is 0 Å². The summed E-state index contributed by atoms with van der Waals surface area (Å²) in [5.74, 6) is 0. The summed E-state index contributed by atoms with van der Waals surface area (Å²) < 4.78 is 6.73. The summed E-state index contributed by atoms with van der Waals surface area (Å²) in [6.07, 6.45) is -0.101. The maximum absolute atomic E-state index is 9.36. The summed E-state index contributed by atoms with van der Waals surface area (Å²) in [4.78, 5) is 2.34. The Morgan fingerprint density at radius 2 is 2.24 bits per heavy atom. The fourth-order valence-corrected chi connectivity index (χ4v) is 2.96. The smallest absolute Gasteiger partial charge is 0.0981 e. The van der Waals surface area contributed by atoms with Gasteiger partial charge in [-0.3, -0.25) is 0 Å². The zero-order chi connectivity index (χ0) is 15.4. The number of aliphatic hydroxyl groups excluding tert-OH is 1. The molecular weight excluding hydrogens is 332 g/mol. The quantitative estimate of drug-likeness (QED) is 0.850. The van der Waals surface area contributed by atoms with Crippen LogP contribution < -0.4 is 10.2 Å². The molecule has 1 aromatic rings. The summed E-state index contributed by atoms with van der Waals surface area (Å²) in [6.45, 7) is 8.74. The van der Waals surface area contributed by atoms with Gasteiger partial charge in [-0.15, -0.1) is 0 Å². The third kappa shape index (κ3) is 4.42. The Bertz CT molecular complexity index is 468. The third-order valence-electron chi connectivity index (χ3n) is 3.76. The number of morpholine rings is 1. The molecule has 1 aromatic carbocycles. The molecule has 0 aromatic heterocycles. The number of nitrogens with one attached hydrogen (secondary N) is 1. The van der Waals surface area contributed by atoms with Gasteiger partial charge in [0.15, 0.2) is 0 Å². The van der Waals surface area contributed by atoms with Crippen molar-refractivity contribution in [2.24, 2.45) is 0 Å². The van der Waals surface area contributed by atoms with Gasteiger partial charge in [0.1, 0.15) is 0 Å². The Morgan fingerprint density at radius 3 is 2.90 bits per heavy atom. The molecule has 5 heteroatoms. The zero-order valence-electron chi connectivity index (χ0n) is 13.0. The second kappa shape index (κ2) is 7.58. The van der Waals surface area contributed by atoms with Crippen LogP contribution in [-0.4, -0.2) is 43.1 Å². The maximum atomic E-state index is 9.36. The molecule has 0 saturated carbocycles. The summed E-state index contributed by atoms with van der Waals surface area (Å²) in [5.41, 5.74) is 2.49. The van der Waals surface area contributed by atoms with Crippen LogP contribution in [0.4, 0.5) is 5.69 Å². The average Bonchev–Trinajstić information content (AvgIpc) is 2.46. The number of hydrogen-bond donors (Lipinski definition) is 2. The minimum absolute atomic E-state index is 0.0688. The van der Waals surface area contributed by atoms with Crippen molar-refractivity contribution >= 4 is 21.6 Å². The summed E-state index contributed by atoms with van der Waals surface area (Å²) in [6, 6.07) is 7.15. The highest BCUT2D eigenvalue weighted by Crippen LogP contribution is 2.28. The lowest BCUT2D eigenvalue weighted by Crippen LogP contribution is -2.50. The molecule has 1 aliphatic heterocycles. The van der Waals surface area contributed by atoms with E-state index >= 15 is 0 Å². The van der Waals surface area contributed by atoms with E-state index in [1.54, 1.807) is 0 Å². The van der Waals surface area contributed by atoms with Crippen LogP contribution in [0.2, 0.25) is 0 Å². The van der Waals surface area contributed by atoms with Crippen LogP contribution in [-0.2, 0) is 11.3 Å². The number of nitrogens with zero attached hydrogens (tertiary/aromatic N) is 1. The van der Waals surface area contributed by atoms with Crippen molar-refractivity contribution in [2.45, 2.75) is 45.5 Å². The first-order valence-electron chi connectivity index (χ1n) is 7.52. The van der Waals surface area contributed by atoms with E-state index in [0.29, 0.717) is 18.7 Å². The van der Waals surface area contributed by atoms with Gasteiger partial charge in [-0.05, 0) is 30.7 Å². The number of rotatable bonds is 5. The van der Waals surface area contributed by atoms with Crippen molar-refractivity contribution < 1.29 is 9.84 Å². The second-order valence-corrected chi connectivity index (χ2v) is 6.86. The zero-order valence-corrected chi connectivity index (χ0v) is 14.6. The number of anilines is 1. The van der Waals surface area contributed by atoms with E-state index < -0.39 is 0 Å². The van der Waals surface area contributed by atoms with Crippen molar-refractivity contribution in [3.8, 4) is 0 Å². The first kappa shape index (κ1) is 16.7. The van der Waals surface area contributed by atoms with E-state index in [1.807, 2.05) is 0 Å². The third-order valence-corrected chi connectivity index (χ3v) is 4.25. The van der Waals surface area contributed by atoms with Crippen molar-refractivity contribution in [3.05, 3.63) is 28.2 Å². The molecule has 4 nitrogen and oxygen atoms in total. The van der Waals surface area contributed by atoms with Crippen LogP contribution in [0.15, 0.2) is 22.7 Å². The minimum atomic E-state index is -0.101. The number of ether oxygens (including phenoxy) is 1. The molecule has 2 unspecified atom stereocenters. The van der Waals surface area contributed by atoms with Crippen molar-refractivity contribution in [2.75, 3.05) is 24.7 Å². The molecule has 0 aliphatic carbocycles. The van der Waals surface area contributed by atoms with Crippen LogP contribution >= 0.6 is 15.9 Å². The standard InChI is InChI=1S/C16H25BrN2O2/c1-11(2)18-7-13-6-14(17)4-5-16(13)19-8-15(9-20)21-10-12(19)3/h4-6,11-12,15,18,20H,7-10H2,1-3H3. The van der Waals surface area contributed by atoms with Gasteiger partial charge in [0.05, 0.1) is 19.3 Å². The van der Waals surface area contributed by atoms with Gasteiger partial charge < -0.3 is 20.1 Å². The Morgan fingerprint density at radius 1 is 1.48 bits per heavy atom. The van der Waals surface area contributed by atoms with Crippen LogP contribution in [0.1, 0.15) is 26.3 Å². The molecule has 1 heterocycles. The highest BCUT2D eigenvalue weighted by Gasteiger charge is 2.27. The van der Waals surface area contributed by atoms with Crippen LogP contribution in [0.5, 0.6) is 0 Å². The Balaban J connectivity index is 2.24. The van der Waals surface area contributed by atoms with E-state index in [4.69, 9.17) is 4.74 Å². The molecule has 2 atom stereocenters. The van der Waals surface area contributed by atoms with Crippen LogP contribution in [0.3, 0.4) is 0 Å². The molecule has 118 valence electrons. The monoisotopic (exact) mass is 356 g/mol. The number of benzene rings is 1. The van der Waals surface area contributed by atoms with E-state index in [2.05, 4.69) is 65.1 Å². The molecule has 21 heavy (non-hydrogen) atoms. The van der Waals surface area contributed by atoms with E-state index in [1.165, 1.54) is 11.3 Å². The second-order valence-electron chi connectivity index (χ2n) is 5.95. The fraction of sp³-hybridized carbons (Fsp3) is 0.625. The summed E-state index contributed by atoms with van der Waals surface area (Å²) in [7, 11) is 0. The number of hydrogen-bond acceptors (Lipinski definition) is 4. The lowest BCUT2D eigenvalue weighted by atomic mass is 10.1. The Kier molecular flexibility index (Phi) is 6.05. The van der Waals surface area contributed by atoms with Gasteiger partial charge in [0, 0.05) is 35.3 Å². The van der Waals surface area contributed by atoms with Crippen LogP contribution in [0.25, 0.3) is 0 Å². The van der Waals surface area contributed by atoms with Crippen molar-refractivity contribution in [1.82, 2.24) is 5.32 Å². The molecule has 0 radical (unpaired) electrons. The number of aliphatic hydroxyl groups is 1. The molecule has 0 spiro atoms. The Labute approximate surface area is 135 Å². The molecular formula is C16H25BrN2O2. The lowest BCUT2D eigenvalue weighted by molar-refractivity contribution is -0.0103. The van der Waals surface area contributed by atoms with Crippen molar-refractivity contribution in [3.63, 3.8) is 0 Å². The predicted molar refractivity (Wildman–Crippen MR) is 89.8 cm³/mol. The van der Waals surface area contributed by atoms with Gasteiger partial charge in [-0.25, -0.2) is 0 Å². The van der Waals surface area contributed by atoms with E-state index in [0.717, 1.165) is 17.6 Å². The topological polar surface area (TPSA) is 44.7 Å². The largest absolute Gasteiger partial charge is 0.394 e. The highest BCUT2D eigenvalue weighted by atomic mass is 79.9. The summed E-state index contributed by atoms with van der Waals surface area (Å²) in [5, 5.41) is 12.8. The maximum Gasteiger partial charge on any atom is 0.0981 e. The first-order valence-corrected chi connectivity index (χ1v) is 8.31. The SMILES string of the molecule is CC(C)NCc1cc(Br)ccc1N1CC(CO)OCC1C. The van der Waals surface area contributed by atoms with Gasteiger partial charge in [0.2, 0.25) is 0 Å². The molecule has 2 N–H and O–H groups in total. The predicted octanol–water partition coefficient (Wildman–Crippen LogP) is 2.53. The lowest BCUT2D eigenvalue weighted by Gasteiger charge is -2.40.